The molecule has 3 aliphatic rings. The highest BCUT2D eigenvalue weighted by Gasteiger charge is 2.39. The van der Waals surface area contributed by atoms with Crippen LogP contribution in [0.1, 0.15) is 58.4 Å². The maximum Gasteiger partial charge on any atom is 0.331 e. The lowest BCUT2D eigenvalue weighted by Gasteiger charge is -2.26. The van der Waals surface area contributed by atoms with E-state index < -0.39 is 17.7 Å². The van der Waals surface area contributed by atoms with Crippen LogP contribution in [0.15, 0.2) is 72.3 Å². The second-order valence-electron chi connectivity index (χ2n) is 12.1. The van der Waals surface area contributed by atoms with E-state index in [1.165, 1.54) is 39.1 Å². The highest BCUT2D eigenvalue weighted by Crippen LogP contribution is 2.46. The summed E-state index contributed by atoms with van der Waals surface area (Å²) in [5.41, 5.74) is 2.50. The number of allylic oxidation sites excluding steroid dienone is 1. The van der Waals surface area contributed by atoms with Crippen molar-refractivity contribution in [2.24, 2.45) is 5.41 Å². The summed E-state index contributed by atoms with van der Waals surface area (Å²) in [7, 11) is 1.42. The van der Waals surface area contributed by atoms with Crippen LogP contribution in [0.2, 0.25) is 5.02 Å². The van der Waals surface area contributed by atoms with Gasteiger partial charge < -0.3 is 30.1 Å². The van der Waals surface area contributed by atoms with Crippen LogP contribution in [-0.2, 0) is 11.2 Å². The summed E-state index contributed by atoms with van der Waals surface area (Å²) < 4.78 is 19.1. The Labute approximate surface area is 278 Å². The number of anilines is 2. The summed E-state index contributed by atoms with van der Waals surface area (Å²) in [6.45, 7) is 4.00. The van der Waals surface area contributed by atoms with Crippen molar-refractivity contribution >= 4 is 40.8 Å². The standard InChI is InChI=1S/C30H26ClFN2O5.C6H13NO/c1-39-26-14-18(6-9-24(26)33-27(35)22-15-21(32)7-8-23(22)31)28(36)34-13-12-30(11-10-20(17-30)29(37)38)16-19-4-2-3-5-25(19)34;8-6-5-7-3-1-2-4-7/h2-9,14-15,17H,10-13,16H2,1H3,(H,33,35)(H,37,38);8H,1-6H2/t30-;/m0./s1. The number of aliphatic hydroxyl groups excluding tert-OH is 1. The quantitative estimate of drug-likeness (QED) is 0.275. The van der Waals surface area contributed by atoms with Crippen LogP contribution >= 0.6 is 11.6 Å². The summed E-state index contributed by atoms with van der Waals surface area (Å²) in [5, 5.41) is 20.8. The second kappa shape index (κ2) is 15.1. The Kier molecular flexibility index (Phi) is 11.0. The molecule has 2 amide bonds. The molecule has 6 rings (SSSR count). The first-order valence-corrected chi connectivity index (χ1v) is 16.1. The maximum atomic E-state index is 13.8. The molecular formula is C36H39ClFN3O6. The average molecular weight is 664 g/mol. The molecule has 1 fully saturated rings. The number of aliphatic carboxylic acids is 1. The van der Waals surface area contributed by atoms with Crippen molar-refractivity contribution in [1.82, 2.24) is 4.90 Å². The van der Waals surface area contributed by atoms with Crippen molar-refractivity contribution in [2.75, 3.05) is 50.1 Å². The molecule has 1 spiro atoms. The normalized spacial score (nSPS) is 18.9. The Balaban J connectivity index is 0.000000474. The number of rotatable bonds is 7. The first-order chi connectivity index (χ1) is 22.6. The number of likely N-dealkylation sites (tertiary alicyclic amines) is 1. The van der Waals surface area contributed by atoms with Crippen molar-refractivity contribution in [3.05, 3.63) is 99.8 Å². The lowest BCUT2D eigenvalue weighted by Crippen LogP contribution is -2.33. The molecular weight excluding hydrogens is 625 g/mol. The Hall–Kier alpha value is -4.25. The van der Waals surface area contributed by atoms with E-state index in [-0.39, 0.29) is 27.7 Å². The van der Waals surface area contributed by atoms with Gasteiger partial charge in [-0.1, -0.05) is 35.9 Å². The molecule has 47 heavy (non-hydrogen) atoms. The van der Waals surface area contributed by atoms with Crippen molar-refractivity contribution < 1.29 is 33.7 Å². The molecule has 1 aliphatic carbocycles. The van der Waals surface area contributed by atoms with E-state index in [0.717, 1.165) is 36.3 Å². The Morgan fingerprint density at radius 3 is 2.49 bits per heavy atom. The second-order valence-corrected chi connectivity index (χ2v) is 12.5. The number of carbonyl (C=O) groups is 3. The molecule has 3 N–H and O–H groups in total. The molecule has 0 bridgehead atoms. The highest BCUT2D eigenvalue weighted by atomic mass is 35.5. The van der Waals surface area contributed by atoms with Crippen molar-refractivity contribution in [1.29, 1.82) is 0 Å². The number of ether oxygens (including phenoxy) is 1. The van der Waals surface area contributed by atoms with E-state index in [4.69, 9.17) is 21.4 Å². The molecule has 11 heteroatoms. The zero-order valence-corrected chi connectivity index (χ0v) is 27.1. The zero-order chi connectivity index (χ0) is 33.6. The third-order valence-corrected chi connectivity index (χ3v) is 9.36. The van der Waals surface area contributed by atoms with Gasteiger partial charge in [-0.3, -0.25) is 9.59 Å². The molecule has 3 aromatic rings. The minimum absolute atomic E-state index is 0.0269. The van der Waals surface area contributed by atoms with Crippen LogP contribution in [0.25, 0.3) is 0 Å². The van der Waals surface area contributed by atoms with Crippen LogP contribution < -0.4 is 15.0 Å². The van der Waals surface area contributed by atoms with Gasteiger partial charge in [0, 0.05) is 29.9 Å². The number of benzene rings is 3. The largest absolute Gasteiger partial charge is 0.495 e. The number of halogens is 2. The fraction of sp³-hybridized carbons (Fsp3) is 0.361. The van der Waals surface area contributed by atoms with E-state index >= 15 is 0 Å². The lowest BCUT2D eigenvalue weighted by atomic mass is 9.79. The number of hydrogen-bond acceptors (Lipinski definition) is 6. The summed E-state index contributed by atoms with van der Waals surface area (Å²) in [5.74, 6) is -2.09. The van der Waals surface area contributed by atoms with Gasteiger partial charge in [-0.25, -0.2) is 9.18 Å². The first kappa shape index (κ1) is 34.1. The number of aliphatic hydroxyl groups is 1. The Morgan fingerprint density at radius 2 is 1.79 bits per heavy atom. The first-order valence-electron chi connectivity index (χ1n) is 15.8. The number of amides is 2. The fourth-order valence-corrected chi connectivity index (χ4v) is 6.76. The highest BCUT2D eigenvalue weighted by molar-refractivity contribution is 6.34. The van der Waals surface area contributed by atoms with Gasteiger partial charge >= 0.3 is 5.97 Å². The predicted octanol–water partition coefficient (Wildman–Crippen LogP) is 6.20. The number of fused-ring (bicyclic) bond motifs is 1. The van der Waals surface area contributed by atoms with Crippen LogP contribution in [0.4, 0.5) is 15.8 Å². The number of hydrogen-bond donors (Lipinski definition) is 3. The van der Waals surface area contributed by atoms with E-state index in [0.29, 0.717) is 49.2 Å². The Bertz CT molecular complexity index is 1670. The third kappa shape index (κ3) is 8.01. The number of methoxy groups -OCH3 is 1. The van der Waals surface area contributed by atoms with Gasteiger partial charge in [-0.15, -0.1) is 0 Å². The Morgan fingerprint density at radius 1 is 1.02 bits per heavy atom. The smallest absolute Gasteiger partial charge is 0.331 e. The molecule has 1 saturated heterocycles. The van der Waals surface area contributed by atoms with Crippen LogP contribution in [0, 0.1) is 11.2 Å². The summed E-state index contributed by atoms with van der Waals surface area (Å²) >= 11 is 6.07. The molecule has 248 valence electrons. The number of carboxylic acids is 1. The summed E-state index contributed by atoms with van der Waals surface area (Å²) in [6, 6.07) is 15.9. The summed E-state index contributed by atoms with van der Waals surface area (Å²) in [6.07, 6.45) is 7.04. The minimum atomic E-state index is -0.892. The van der Waals surface area contributed by atoms with Crippen molar-refractivity contribution in [3.8, 4) is 5.75 Å². The van der Waals surface area contributed by atoms with E-state index in [9.17, 15) is 23.9 Å². The van der Waals surface area contributed by atoms with E-state index in [2.05, 4.69) is 10.2 Å². The maximum absolute atomic E-state index is 13.8. The molecule has 2 heterocycles. The van der Waals surface area contributed by atoms with Gasteiger partial charge in [-0.2, -0.15) is 0 Å². The van der Waals surface area contributed by atoms with Gasteiger partial charge in [-0.05, 0) is 105 Å². The number of carbonyl (C=O) groups excluding carboxylic acids is 2. The molecule has 0 radical (unpaired) electrons. The molecule has 1 atom stereocenters. The van der Waals surface area contributed by atoms with Crippen LogP contribution in [-0.4, -0.2) is 72.8 Å². The van der Waals surface area contributed by atoms with Gasteiger partial charge in [0.1, 0.15) is 11.6 Å². The van der Waals surface area contributed by atoms with Gasteiger partial charge in [0.2, 0.25) is 0 Å². The number of β-amino-alcohol motifs (C(OH)–C–C–N with tert-alkyl or cyclic N) is 1. The van der Waals surface area contributed by atoms with Gasteiger partial charge in [0.05, 0.1) is 30.0 Å². The van der Waals surface area contributed by atoms with Crippen LogP contribution in [0.5, 0.6) is 5.75 Å². The minimum Gasteiger partial charge on any atom is -0.495 e. The molecule has 0 saturated carbocycles. The van der Waals surface area contributed by atoms with Gasteiger partial charge in [0.15, 0.2) is 0 Å². The van der Waals surface area contributed by atoms with E-state index in [1.54, 1.807) is 23.1 Å². The van der Waals surface area contributed by atoms with E-state index in [1.807, 2.05) is 30.3 Å². The number of nitrogens with one attached hydrogen (secondary N) is 1. The zero-order valence-electron chi connectivity index (χ0n) is 26.3. The monoisotopic (exact) mass is 663 g/mol. The van der Waals surface area contributed by atoms with Crippen molar-refractivity contribution in [3.63, 3.8) is 0 Å². The molecule has 9 nitrogen and oxygen atoms in total. The number of carboxylic acid groups (broad SMARTS) is 1. The number of nitrogens with zero attached hydrogens (tertiary/aromatic N) is 2. The third-order valence-electron chi connectivity index (χ3n) is 9.04. The van der Waals surface area contributed by atoms with Crippen LogP contribution in [0.3, 0.4) is 0 Å². The van der Waals surface area contributed by atoms with Gasteiger partial charge in [0.25, 0.3) is 11.8 Å². The lowest BCUT2D eigenvalue weighted by molar-refractivity contribution is -0.132. The fourth-order valence-electron chi connectivity index (χ4n) is 6.55. The molecule has 0 unspecified atom stereocenters. The molecule has 0 aromatic heterocycles. The molecule has 2 aliphatic heterocycles. The predicted molar refractivity (Wildman–Crippen MR) is 179 cm³/mol. The van der Waals surface area contributed by atoms with Crippen molar-refractivity contribution in [2.45, 2.75) is 38.5 Å². The topological polar surface area (TPSA) is 119 Å². The molecule has 3 aromatic carbocycles. The summed E-state index contributed by atoms with van der Waals surface area (Å²) in [4.78, 5) is 42.2. The SMILES string of the molecule is COc1cc(C(=O)N2CC[C@]3(C=C(C(=O)O)CC3)Cc3ccccc32)ccc1NC(=O)c1cc(F)ccc1Cl.OCCN1CCCC1. The average Bonchev–Trinajstić information content (AvgIpc) is 3.70. The number of para-hydroxylation sites is 1.